The second-order valence-corrected chi connectivity index (χ2v) is 5.58. The van der Waals surface area contributed by atoms with Crippen LogP contribution in [0.4, 0.5) is 5.69 Å². The molecule has 8 heteroatoms. The van der Waals surface area contributed by atoms with Crippen molar-refractivity contribution in [3.8, 4) is 0 Å². The third-order valence-electron chi connectivity index (χ3n) is 3.45. The molecule has 0 aromatic heterocycles. The summed E-state index contributed by atoms with van der Waals surface area (Å²) < 4.78 is 0.126. The molecule has 0 aliphatic carbocycles. The Balaban J connectivity index is 2.29. The maximum absolute atomic E-state index is 12.5. The van der Waals surface area contributed by atoms with Gasteiger partial charge in [0.1, 0.15) is 4.47 Å². The van der Waals surface area contributed by atoms with Gasteiger partial charge in [-0.05, 0) is 34.8 Å². The number of aliphatic carboxylic acids is 1. The highest BCUT2D eigenvalue weighted by atomic mass is 79.9. The van der Waals surface area contributed by atoms with E-state index in [-0.39, 0.29) is 34.1 Å². The number of likely N-dealkylation sites (tertiary alicyclic amines) is 1. The van der Waals surface area contributed by atoms with E-state index in [1.165, 1.54) is 23.1 Å². The van der Waals surface area contributed by atoms with Crippen LogP contribution in [0.15, 0.2) is 22.7 Å². The predicted octanol–water partition coefficient (Wildman–Crippen LogP) is 2.44. The summed E-state index contributed by atoms with van der Waals surface area (Å²) in [5.41, 5.74) is -0.00341. The Hall–Kier alpha value is -1.96. The second kappa shape index (κ2) is 6.21. The zero-order chi connectivity index (χ0) is 15.6. The first kappa shape index (κ1) is 15.4. The molecule has 0 radical (unpaired) electrons. The van der Waals surface area contributed by atoms with Gasteiger partial charge in [0, 0.05) is 18.7 Å². The van der Waals surface area contributed by atoms with Gasteiger partial charge in [-0.15, -0.1) is 0 Å². The molecule has 1 heterocycles. The number of benzene rings is 1. The Morgan fingerprint density at radius 3 is 2.81 bits per heavy atom. The van der Waals surface area contributed by atoms with Crippen LogP contribution in [-0.2, 0) is 4.79 Å². The molecule has 21 heavy (non-hydrogen) atoms. The van der Waals surface area contributed by atoms with Gasteiger partial charge in [-0.2, -0.15) is 0 Å². The molecule has 1 aliphatic rings. The number of nitrogens with zero attached hydrogens (tertiary/aromatic N) is 2. The van der Waals surface area contributed by atoms with Crippen molar-refractivity contribution < 1.29 is 19.6 Å². The fourth-order valence-electron chi connectivity index (χ4n) is 2.50. The Kier molecular flexibility index (Phi) is 4.56. The van der Waals surface area contributed by atoms with Crippen molar-refractivity contribution in [1.29, 1.82) is 0 Å². The zero-order valence-electron chi connectivity index (χ0n) is 11.0. The molecular weight excluding hydrogens is 344 g/mol. The Morgan fingerprint density at radius 2 is 2.19 bits per heavy atom. The molecule has 1 N–H and O–H groups in total. The predicted molar refractivity (Wildman–Crippen MR) is 77.1 cm³/mol. The van der Waals surface area contributed by atoms with Crippen LogP contribution in [0.5, 0.6) is 0 Å². The number of halogens is 1. The van der Waals surface area contributed by atoms with Gasteiger partial charge < -0.3 is 10.0 Å². The van der Waals surface area contributed by atoms with Gasteiger partial charge in [0.25, 0.3) is 11.6 Å². The first-order valence-electron chi connectivity index (χ1n) is 6.37. The fraction of sp³-hybridized carbons (Fsp3) is 0.385. The number of nitro benzene ring substituents is 1. The third-order valence-corrected chi connectivity index (χ3v) is 4.29. The largest absolute Gasteiger partial charge is 0.481 e. The second-order valence-electron chi connectivity index (χ2n) is 4.79. The molecule has 1 saturated heterocycles. The summed E-state index contributed by atoms with van der Waals surface area (Å²) in [6.45, 7) is 0.464. The van der Waals surface area contributed by atoms with E-state index >= 15 is 0 Å². The van der Waals surface area contributed by atoms with Gasteiger partial charge in [0.05, 0.1) is 16.9 Å². The van der Waals surface area contributed by atoms with Crippen molar-refractivity contribution in [3.05, 3.63) is 38.3 Å². The number of carbonyl (C=O) groups is 2. The van der Waals surface area contributed by atoms with Gasteiger partial charge in [0.15, 0.2) is 0 Å². The molecule has 0 spiro atoms. The van der Waals surface area contributed by atoms with Gasteiger partial charge >= 0.3 is 5.97 Å². The number of carboxylic acids is 1. The first-order chi connectivity index (χ1) is 9.91. The minimum atomic E-state index is -0.960. The highest BCUT2D eigenvalue weighted by Crippen LogP contribution is 2.31. The van der Waals surface area contributed by atoms with Crippen molar-refractivity contribution in [2.75, 3.05) is 6.54 Å². The molecule has 1 aromatic rings. The SMILES string of the molecule is O=C(O)CC1CCCN1C(=O)c1cccc([N+](=O)[O-])c1Br. The minimum absolute atomic E-state index is 0.113. The van der Waals surface area contributed by atoms with Crippen molar-refractivity contribution in [3.63, 3.8) is 0 Å². The fourth-order valence-corrected chi connectivity index (χ4v) is 3.08. The normalized spacial score (nSPS) is 17.8. The summed E-state index contributed by atoms with van der Waals surface area (Å²) >= 11 is 3.09. The van der Waals surface area contributed by atoms with Crippen LogP contribution in [0.25, 0.3) is 0 Å². The molecule has 1 fully saturated rings. The van der Waals surface area contributed by atoms with Crippen LogP contribution in [0, 0.1) is 10.1 Å². The lowest BCUT2D eigenvalue weighted by atomic mass is 10.1. The minimum Gasteiger partial charge on any atom is -0.481 e. The van der Waals surface area contributed by atoms with Crippen LogP contribution in [-0.4, -0.2) is 39.4 Å². The molecule has 0 saturated carbocycles. The molecule has 1 unspecified atom stereocenters. The molecule has 1 amide bonds. The number of carboxylic acid groups (broad SMARTS) is 1. The topological polar surface area (TPSA) is 101 Å². The van der Waals surface area contributed by atoms with Gasteiger partial charge in [-0.25, -0.2) is 0 Å². The summed E-state index contributed by atoms with van der Waals surface area (Å²) in [5.74, 6) is -1.34. The quantitative estimate of drug-likeness (QED) is 0.659. The van der Waals surface area contributed by atoms with E-state index in [2.05, 4.69) is 15.9 Å². The Labute approximate surface area is 128 Å². The van der Waals surface area contributed by atoms with E-state index in [9.17, 15) is 19.7 Å². The van der Waals surface area contributed by atoms with Crippen LogP contribution in [0.3, 0.4) is 0 Å². The summed E-state index contributed by atoms with van der Waals surface area (Å²) in [6, 6.07) is 3.88. The summed E-state index contributed by atoms with van der Waals surface area (Å²) in [6.07, 6.45) is 1.25. The van der Waals surface area contributed by atoms with E-state index in [1.54, 1.807) is 0 Å². The number of hydrogen-bond acceptors (Lipinski definition) is 4. The van der Waals surface area contributed by atoms with E-state index in [4.69, 9.17) is 5.11 Å². The van der Waals surface area contributed by atoms with E-state index in [0.29, 0.717) is 13.0 Å². The molecule has 0 bridgehead atoms. The van der Waals surface area contributed by atoms with Crippen LogP contribution >= 0.6 is 15.9 Å². The van der Waals surface area contributed by atoms with Crippen molar-refractivity contribution in [1.82, 2.24) is 4.90 Å². The van der Waals surface area contributed by atoms with Crippen LogP contribution < -0.4 is 0 Å². The van der Waals surface area contributed by atoms with E-state index in [1.807, 2.05) is 0 Å². The lowest BCUT2D eigenvalue weighted by Gasteiger charge is -2.23. The third kappa shape index (κ3) is 3.21. The smallest absolute Gasteiger partial charge is 0.305 e. The van der Waals surface area contributed by atoms with Crippen LogP contribution in [0.1, 0.15) is 29.6 Å². The highest BCUT2D eigenvalue weighted by molar-refractivity contribution is 9.10. The van der Waals surface area contributed by atoms with E-state index in [0.717, 1.165) is 6.42 Å². The Morgan fingerprint density at radius 1 is 1.48 bits per heavy atom. The monoisotopic (exact) mass is 356 g/mol. The van der Waals surface area contributed by atoms with Gasteiger partial charge in [-0.3, -0.25) is 19.7 Å². The summed E-state index contributed by atoms with van der Waals surface area (Å²) in [7, 11) is 0. The number of carbonyl (C=O) groups excluding carboxylic acids is 1. The molecule has 1 aliphatic heterocycles. The highest BCUT2D eigenvalue weighted by Gasteiger charge is 2.32. The lowest BCUT2D eigenvalue weighted by molar-refractivity contribution is -0.385. The first-order valence-corrected chi connectivity index (χ1v) is 7.16. The molecular formula is C13H13BrN2O5. The standard InChI is InChI=1S/C13H13BrN2O5/c14-12-9(4-1-5-10(12)16(20)21)13(19)15-6-2-3-8(15)7-11(17)18/h1,4-5,8H,2-3,6-7H2,(H,17,18). The average molecular weight is 357 g/mol. The van der Waals surface area contributed by atoms with Crippen molar-refractivity contribution in [2.24, 2.45) is 0 Å². The van der Waals surface area contributed by atoms with Gasteiger partial charge in [-0.1, -0.05) is 6.07 Å². The maximum Gasteiger partial charge on any atom is 0.305 e. The molecule has 1 atom stereocenters. The molecule has 1 aromatic carbocycles. The average Bonchev–Trinajstić information content (AvgIpc) is 2.85. The van der Waals surface area contributed by atoms with Crippen LogP contribution in [0.2, 0.25) is 0 Å². The maximum atomic E-state index is 12.5. The number of nitro groups is 1. The molecule has 2 rings (SSSR count). The summed E-state index contributed by atoms with van der Waals surface area (Å²) in [5, 5.41) is 19.8. The van der Waals surface area contributed by atoms with Gasteiger partial charge in [0.2, 0.25) is 0 Å². The number of hydrogen-bond donors (Lipinski definition) is 1. The van der Waals surface area contributed by atoms with Crippen molar-refractivity contribution >= 4 is 33.5 Å². The number of amides is 1. The Bertz CT molecular complexity index is 604. The van der Waals surface area contributed by atoms with E-state index < -0.39 is 10.9 Å². The molecule has 112 valence electrons. The number of rotatable bonds is 4. The van der Waals surface area contributed by atoms with Crippen molar-refractivity contribution in [2.45, 2.75) is 25.3 Å². The molecule has 7 nitrogen and oxygen atoms in total. The summed E-state index contributed by atoms with van der Waals surface area (Å²) in [4.78, 5) is 35.2. The zero-order valence-corrected chi connectivity index (χ0v) is 12.6. The lowest BCUT2D eigenvalue weighted by Crippen LogP contribution is -2.37.